The first kappa shape index (κ1) is 21.4. The molecule has 1 atom stereocenters. The third-order valence-corrected chi connectivity index (χ3v) is 4.42. The standard InChI is InChI=1S/C23H28FN5O/c1-3-26-23(27-14-18(2)30-22-10-8-21(24)9-11-22)28-15-19-4-6-20(7-5-19)16-29-13-12-25-17-29/h4-13,17-18H,3,14-16H2,1-2H3,(H2,26,27,28). The highest BCUT2D eigenvalue weighted by Crippen LogP contribution is 2.12. The SMILES string of the molecule is CCNC(=NCc1ccc(Cn2ccnc2)cc1)NCC(C)Oc1ccc(F)cc1. The molecule has 0 spiro atoms. The highest BCUT2D eigenvalue weighted by atomic mass is 19.1. The van der Waals surface area contributed by atoms with E-state index in [1.54, 1.807) is 18.3 Å². The molecule has 0 aliphatic heterocycles. The fourth-order valence-electron chi connectivity index (χ4n) is 2.88. The van der Waals surface area contributed by atoms with Crippen molar-refractivity contribution < 1.29 is 9.13 Å². The van der Waals surface area contributed by atoms with E-state index in [2.05, 4.69) is 44.9 Å². The van der Waals surface area contributed by atoms with Crippen LogP contribution in [-0.2, 0) is 13.1 Å². The Hall–Kier alpha value is -3.35. The zero-order valence-corrected chi connectivity index (χ0v) is 17.4. The number of nitrogens with one attached hydrogen (secondary N) is 2. The Bertz CT molecular complexity index is 908. The minimum atomic E-state index is -0.274. The predicted octanol–water partition coefficient (Wildman–Crippen LogP) is 3.59. The zero-order valence-electron chi connectivity index (χ0n) is 17.4. The summed E-state index contributed by atoms with van der Waals surface area (Å²) in [7, 11) is 0. The highest BCUT2D eigenvalue weighted by molar-refractivity contribution is 5.79. The molecule has 3 aromatic rings. The average molecular weight is 410 g/mol. The third-order valence-electron chi connectivity index (χ3n) is 4.42. The van der Waals surface area contributed by atoms with Crippen LogP contribution in [0.25, 0.3) is 0 Å². The van der Waals surface area contributed by atoms with Crippen molar-refractivity contribution in [2.24, 2.45) is 4.99 Å². The summed E-state index contributed by atoms with van der Waals surface area (Å²) in [5.41, 5.74) is 2.36. The number of hydrogen-bond acceptors (Lipinski definition) is 3. The van der Waals surface area contributed by atoms with E-state index in [1.165, 1.54) is 17.7 Å². The lowest BCUT2D eigenvalue weighted by Gasteiger charge is -2.17. The molecule has 0 saturated heterocycles. The first-order chi connectivity index (χ1) is 14.6. The van der Waals surface area contributed by atoms with Crippen LogP contribution in [0.4, 0.5) is 4.39 Å². The van der Waals surface area contributed by atoms with Gasteiger partial charge in [0, 0.05) is 25.5 Å². The second-order valence-corrected chi connectivity index (χ2v) is 7.01. The van der Waals surface area contributed by atoms with Crippen molar-refractivity contribution >= 4 is 5.96 Å². The maximum atomic E-state index is 13.0. The largest absolute Gasteiger partial charge is 0.489 e. The van der Waals surface area contributed by atoms with Crippen molar-refractivity contribution in [3.05, 3.63) is 84.2 Å². The number of benzene rings is 2. The molecule has 3 rings (SSSR count). The van der Waals surface area contributed by atoms with Crippen molar-refractivity contribution in [2.75, 3.05) is 13.1 Å². The fourth-order valence-corrected chi connectivity index (χ4v) is 2.88. The van der Waals surface area contributed by atoms with Crippen LogP contribution >= 0.6 is 0 Å². The van der Waals surface area contributed by atoms with Crippen molar-refractivity contribution in [3.63, 3.8) is 0 Å². The van der Waals surface area contributed by atoms with Crippen LogP contribution in [0.3, 0.4) is 0 Å². The Balaban J connectivity index is 1.50. The van der Waals surface area contributed by atoms with Gasteiger partial charge in [-0.1, -0.05) is 24.3 Å². The van der Waals surface area contributed by atoms with Gasteiger partial charge in [0.1, 0.15) is 17.7 Å². The molecule has 0 aliphatic carbocycles. The number of rotatable bonds is 9. The third kappa shape index (κ3) is 6.92. The van der Waals surface area contributed by atoms with Crippen LogP contribution in [0.5, 0.6) is 5.75 Å². The number of halogens is 1. The van der Waals surface area contributed by atoms with Crippen LogP contribution in [0.2, 0.25) is 0 Å². The van der Waals surface area contributed by atoms with Gasteiger partial charge in [0.25, 0.3) is 0 Å². The molecular weight excluding hydrogens is 381 g/mol. The maximum absolute atomic E-state index is 13.0. The summed E-state index contributed by atoms with van der Waals surface area (Å²) in [5, 5.41) is 6.54. The van der Waals surface area contributed by atoms with E-state index < -0.39 is 0 Å². The van der Waals surface area contributed by atoms with E-state index >= 15 is 0 Å². The van der Waals surface area contributed by atoms with E-state index in [4.69, 9.17) is 4.74 Å². The van der Waals surface area contributed by atoms with Crippen LogP contribution in [0, 0.1) is 5.82 Å². The summed E-state index contributed by atoms with van der Waals surface area (Å²) in [5.74, 6) is 1.10. The number of nitrogens with zero attached hydrogens (tertiary/aromatic N) is 3. The predicted molar refractivity (Wildman–Crippen MR) is 117 cm³/mol. The molecule has 0 fully saturated rings. The van der Waals surface area contributed by atoms with Gasteiger partial charge in [-0.2, -0.15) is 0 Å². The molecule has 1 aromatic heterocycles. The van der Waals surface area contributed by atoms with Gasteiger partial charge >= 0.3 is 0 Å². The zero-order chi connectivity index (χ0) is 21.2. The number of imidazole rings is 1. The smallest absolute Gasteiger partial charge is 0.191 e. The summed E-state index contributed by atoms with van der Waals surface area (Å²) < 4.78 is 20.8. The summed E-state index contributed by atoms with van der Waals surface area (Å²) in [4.78, 5) is 8.72. The summed E-state index contributed by atoms with van der Waals surface area (Å²) in [6, 6.07) is 14.5. The van der Waals surface area contributed by atoms with Crippen LogP contribution in [-0.4, -0.2) is 34.7 Å². The topological polar surface area (TPSA) is 63.5 Å². The first-order valence-corrected chi connectivity index (χ1v) is 10.1. The number of guanidine groups is 1. The van der Waals surface area contributed by atoms with E-state index in [-0.39, 0.29) is 11.9 Å². The van der Waals surface area contributed by atoms with Crippen molar-refractivity contribution in [2.45, 2.75) is 33.0 Å². The molecule has 158 valence electrons. The Morgan fingerprint density at radius 2 is 1.83 bits per heavy atom. The maximum Gasteiger partial charge on any atom is 0.191 e. The lowest BCUT2D eigenvalue weighted by atomic mass is 10.1. The van der Waals surface area contributed by atoms with Gasteiger partial charge < -0.3 is 19.9 Å². The fraction of sp³-hybridized carbons (Fsp3) is 0.304. The average Bonchev–Trinajstić information content (AvgIpc) is 3.26. The number of hydrogen-bond donors (Lipinski definition) is 2. The van der Waals surface area contributed by atoms with Crippen molar-refractivity contribution in [1.29, 1.82) is 0 Å². The molecule has 0 bridgehead atoms. The quantitative estimate of drug-likeness (QED) is 0.419. The van der Waals surface area contributed by atoms with Crippen LogP contribution in [0.15, 0.2) is 72.2 Å². The Morgan fingerprint density at radius 3 is 2.50 bits per heavy atom. The molecule has 1 heterocycles. The molecular formula is C23H28FN5O. The minimum Gasteiger partial charge on any atom is -0.489 e. The van der Waals surface area contributed by atoms with Crippen LogP contribution in [0.1, 0.15) is 25.0 Å². The van der Waals surface area contributed by atoms with Gasteiger partial charge in [-0.3, -0.25) is 0 Å². The molecule has 2 N–H and O–H groups in total. The van der Waals surface area contributed by atoms with Gasteiger partial charge in [-0.15, -0.1) is 0 Å². The molecule has 7 heteroatoms. The van der Waals surface area contributed by atoms with Gasteiger partial charge in [0.15, 0.2) is 5.96 Å². The Kier molecular flexibility index (Phi) is 7.83. The summed E-state index contributed by atoms with van der Waals surface area (Å²) in [6.45, 7) is 6.71. The molecule has 1 unspecified atom stereocenters. The van der Waals surface area contributed by atoms with E-state index in [9.17, 15) is 4.39 Å². The minimum absolute atomic E-state index is 0.0956. The van der Waals surface area contributed by atoms with Gasteiger partial charge in [0.05, 0.1) is 19.4 Å². The molecule has 2 aromatic carbocycles. The Morgan fingerprint density at radius 1 is 1.10 bits per heavy atom. The Labute approximate surface area is 176 Å². The molecule has 0 saturated carbocycles. The lowest BCUT2D eigenvalue weighted by molar-refractivity contribution is 0.223. The summed E-state index contributed by atoms with van der Waals surface area (Å²) >= 11 is 0. The van der Waals surface area contributed by atoms with Crippen molar-refractivity contribution in [3.8, 4) is 5.75 Å². The number of aliphatic imine (C=N–C) groups is 1. The van der Waals surface area contributed by atoms with E-state index in [1.807, 2.05) is 30.9 Å². The molecule has 6 nitrogen and oxygen atoms in total. The van der Waals surface area contributed by atoms with Gasteiger partial charge in [-0.05, 0) is 49.2 Å². The van der Waals surface area contributed by atoms with Crippen LogP contribution < -0.4 is 15.4 Å². The lowest BCUT2D eigenvalue weighted by Crippen LogP contribution is -2.41. The molecule has 0 aliphatic rings. The molecule has 0 radical (unpaired) electrons. The van der Waals surface area contributed by atoms with Crippen molar-refractivity contribution in [1.82, 2.24) is 20.2 Å². The second kappa shape index (κ2) is 11.0. The second-order valence-electron chi connectivity index (χ2n) is 7.01. The van der Waals surface area contributed by atoms with Gasteiger partial charge in [-0.25, -0.2) is 14.4 Å². The summed E-state index contributed by atoms with van der Waals surface area (Å²) in [6.07, 6.45) is 5.45. The number of aromatic nitrogens is 2. The van der Waals surface area contributed by atoms with Gasteiger partial charge in [0.2, 0.25) is 0 Å². The molecule has 30 heavy (non-hydrogen) atoms. The normalized spacial score (nSPS) is 12.4. The number of ether oxygens (including phenoxy) is 1. The van der Waals surface area contributed by atoms with E-state index in [0.29, 0.717) is 18.8 Å². The van der Waals surface area contributed by atoms with E-state index in [0.717, 1.165) is 24.6 Å². The first-order valence-electron chi connectivity index (χ1n) is 10.1. The monoisotopic (exact) mass is 409 g/mol. The highest BCUT2D eigenvalue weighted by Gasteiger charge is 2.06. The molecule has 0 amide bonds.